The number of aromatic nitrogens is 4. The van der Waals surface area contributed by atoms with Gasteiger partial charge in [0.2, 0.25) is 5.91 Å². The summed E-state index contributed by atoms with van der Waals surface area (Å²) in [4.78, 5) is 28.5. The number of nitrogens with one attached hydrogen (secondary N) is 2. The highest BCUT2D eigenvalue weighted by molar-refractivity contribution is 5.93. The van der Waals surface area contributed by atoms with Gasteiger partial charge in [-0.3, -0.25) is 9.59 Å². The van der Waals surface area contributed by atoms with Gasteiger partial charge in [-0.15, -0.1) is 10.2 Å². The van der Waals surface area contributed by atoms with Crippen LogP contribution in [0.5, 0.6) is 0 Å². The van der Waals surface area contributed by atoms with E-state index in [9.17, 15) is 14.7 Å². The summed E-state index contributed by atoms with van der Waals surface area (Å²) in [6, 6.07) is -0.506. The van der Waals surface area contributed by atoms with Crippen LogP contribution in [0.2, 0.25) is 0 Å². The summed E-state index contributed by atoms with van der Waals surface area (Å²) < 4.78 is 6.91. The normalized spacial score (nSPS) is 22.0. The number of hydrogen-bond donors (Lipinski definition) is 3. The highest BCUT2D eigenvalue weighted by Crippen LogP contribution is 2.27. The molecule has 0 aromatic carbocycles. The Bertz CT molecular complexity index is 801. The number of aliphatic hydroxyl groups is 1. The number of aliphatic hydroxyl groups excluding tert-OH is 1. The van der Waals surface area contributed by atoms with Crippen LogP contribution in [0.1, 0.15) is 48.3 Å². The molecule has 3 rings (SSSR count). The Morgan fingerprint density at radius 1 is 1.41 bits per heavy atom. The van der Waals surface area contributed by atoms with E-state index in [-0.39, 0.29) is 30.5 Å². The van der Waals surface area contributed by atoms with Crippen molar-refractivity contribution in [3.63, 3.8) is 0 Å². The molecule has 146 valence electrons. The summed E-state index contributed by atoms with van der Waals surface area (Å²) in [5.74, 6) is 0.125. The van der Waals surface area contributed by atoms with Gasteiger partial charge in [-0.05, 0) is 26.2 Å². The molecule has 0 bridgehead atoms. The smallest absolute Gasteiger partial charge is 0.273 e. The highest BCUT2D eigenvalue weighted by Gasteiger charge is 2.38. The number of carbonyl (C=O) groups excluding carboxylic acids is 2. The predicted octanol–water partition coefficient (Wildman–Crippen LogP) is 0.170. The number of rotatable bonds is 7. The van der Waals surface area contributed by atoms with Crippen molar-refractivity contribution in [1.82, 2.24) is 30.4 Å². The number of nitrogens with zero attached hydrogens (tertiary/aromatic N) is 4. The zero-order valence-electron chi connectivity index (χ0n) is 15.4. The number of oxazole rings is 1. The average molecular weight is 376 g/mol. The predicted molar refractivity (Wildman–Crippen MR) is 93.4 cm³/mol. The third-order valence-electron chi connectivity index (χ3n) is 4.76. The molecule has 3 N–H and O–H groups in total. The fourth-order valence-electron chi connectivity index (χ4n) is 3.30. The first-order valence-electron chi connectivity index (χ1n) is 9.03. The van der Waals surface area contributed by atoms with Gasteiger partial charge < -0.3 is 24.7 Å². The molecule has 0 saturated heterocycles. The van der Waals surface area contributed by atoms with E-state index < -0.39 is 18.1 Å². The van der Waals surface area contributed by atoms with Gasteiger partial charge in [-0.2, -0.15) is 0 Å². The maximum atomic E-state index is 12.4. The van der Waals surface area contributed by atoms with Crippen molar-refractivity contribution in [2.75, 3.05) is 0 Å². The summed E-state index contributed by atoms with van der Waals surface area (Å²) in [6.07, 6.45) is 3.64. The molecule has 0 spiro atoms. The maximum absolute atomic E-state index is 12.4. The maximum Gasteiger partial charge on any atom is 0.273 e. The third-order valence-corrected chi connectivity index (χ3v) is 4.76. The lowest BCUT2D eigenvalue weighted by Gasteiger charge is -2.15. The van der Waals surface area contributed by atoms with Crippen LogP contribution in [-0.2, 0) is 17.9 Å². The molecular formula is C17H24N6O4. The van der Waals surface area contributed by atoms with E-state index in [1.54, 1.807) is 13.3 Å². The van der Waals surface area contributed by atoms with Crippen molar-refractivity contribution in [1.29, 1.82) is 0 Å². The Labute approximate surface area is 156 Å². The molecule has 27 heavy (non-hydrogen) atoms. The number of aryl methyl sites for hydroxylation is 2. The van der Waals surface area contributed by atoms with Gasteiger partial charge in [0.25, 0.3) is 5.91 Å². The van der Waals surface area contributed by atoms with Gasteiger partial charge in [-0.1, -0.05) is 6.92 Å². The first-order chi connectivity index (χ1) is 13.0. The SMILES string of the molecule is CCCn1cnnc1CNC(=O)[C@H]1C[C@H](NC(=O)c2ncoc2C)[C@@H](O)C1. The standard InChI is InChI=1S/C17H24N6O4/c1-3-4-23-8-20-22-14(23)7-18-16(25)11-5-12(13(24)6-11)21-17(26)15-10(2)27-9-19-15/h8-9,11-13,24H,3-7H2,1-2H3,(H,18,25)(H,21,26)/t11-,12-,13-/m0/s1. The summed E-state index contributed by atoms with van der Waals surface area (Å²) in [5, 5.41) is 23.7. The molecule has 1 aliphatic rings. The largest absolute Gasteiger partial charge is 0.448 e. The van der Waals surface area contributed by atoms with E-state index in [1.165, 1.54) is 6.39 Å². The van der Waals surface area contributed by atoms with Gasteiger partial charge in [0.15, 0.2) is 17.9 Å². The Balaban J connectivity index is 1.52. The van der Waals surface area contributed by atoms with Crippen molar-refractivity contribution >= 4 is 11.8 Å². The monoisotopic (exact) mass is 376 g/mol. The fraction of sp³-hybridized carbons (Fsp3) is 0.588. The topological polar surface area (TPSA) is 135 Å². The van der Waals surface area contributed by atoms with Gasteiger partial charge in [0.1, 0.15) is 12.1 Å². The minimum atomic E-state index is -0.791. The van der Waals surface area contributed by atoms with Crippen LogP contribution in [0.25, 0.3) is 0 Å². The minimum Gasteiger partial charge on any atom is -0.448 e. The lowest BCUT2D eigenvalue weighted by Crippen LogP contribution is -2.40. The Hall–Kier alpha value is -2.75. The van der Waals surface area contributed by atoms with Crippen molar-refractivity contribution < 1.29 is 19.1 Å². The Morgan fingerprint density at radius 3 is 2.93 bits per heavy atom. The Morgan fingerprint density at radius 2 is 2.22 bits per heavy atom. The molecule has 3 atom stereocenters. The molecule has 0 aliphatic heterocycles. The van der Waals surface area contributed by atoms with Crippen LogP contribution < -0.4 is 10.6 Å². The van der Waals surface area contributed by atoms with Crippen molar-refractivity contribution in [3.8, 4) is 0 Å². The van der Waals surface area contributed by atoms with Gasteiger partial charge in [-0.25, -0.2) is 4.98 Å². The van der Waals surface area contributed by atoms with Crippen LogP contribution in [0.15, 0.2) is 17.1 Å². The van der Waals surface area contributed by atoms with Crippen molar-refractivity contribution in [3.05, 3.63) is 30.0 Å². The molecule has 1 saturated carbocycles. The molecule has 2 amide bonds. The summed E-state index contributed by atoms with van der Waals surface area (Å²) >= 11 is 0. The molecule has 1 aliphatic carbocycles. The fourth-order valence-corrected chi connectivity index (χ4v) is 3.30. The second-order valence-corrected chi connectivity index (χ2v) is 6.73. The van der Waals surface area contributed by atoms with Gasteiger partial charge in [0, 0.05) is 12.5 Å². The number of amides is 2. The molecule has 10 nitrogen and oxygen atoms in total. The molecule has 2 aromatic heterocycles. The summed E-state index contributed by atoms with van der Waals surface area (Å²) in [5.41, 5.74) is 0.186. The zero-order chi connectivity index (χ0) is 19.4. The average Bonchev–Trinajstić information content (AvgIpc) is 3.34. The van der Waals surface area contributed by atoms with E-state index in [2.05, 4.69) is 32.7 Å². The zero-order valence-corrected chi connectivity index (χ0v) is 15.4. The van der Waals surface area contributed by atoms with Crippen LogP contribution in [-0.4, -0.2) is 48.8 Å². The molecule has 2 aromatic rings. The van der Waals surface area contributed by atoms with Crippen LogP contribution >= 0.6 is 0 Å². The van der Waals surface area contributed by atoms with E-state index >= 15 is 0 Å². The van der Waals surface area contributed by atoms with Crippen molar-refractivity contribution in [2.24, 2.45) is 5.92 Å². The van der Waals surface area contributed by atoms with Crippen molar-refractivity contribution in [2.45, 2.75) is 58.3 Å². The molecule has 0 radical (unpaired) electrons. The Kier molecular flexibility index (Phi) is 5.84. The second-order valence-electron chi connectivity index (χ2n) is 6.73. The number of hydrogen-bond acceptors (Lipinski definition) is 7. The molecule has 1 fully saturated rings. The van der Waals surface area contributed by atoms with E-state index in [0.29, 0.717) is 18.0 Å². The van der Waals surface area contributed by atoms with E-state index in [0.717, 1.165) is 13.0 Å². The number of carbonyl (C=O) groups is 2. The molecule has 10 heteroatoms. The van der Waals surface area contributed by atoms with Crippen LogP contribution in [0.4, 0.5) is 0 Å². The van der Waals surface area contributed by atoms with E-state index in [1.807, 2.05) is 4.57 Å². The first kappa shape index (κ1) is 19.0. The minimum absolute atomic E-state index is 0.172. The summed E-state index contributed by atoms with van der Waals surface area (Å²) in [7, 11) is 0. The molecule has 0 unspecified atom stereocenters. The molecule has 2 heterocycles. The second kappa shape index (κ2) is 8.30. The van der Waals surface area contributed by atoms with Crippen LogP contribution in [0, 0.1) is 12.8 Å². The lowest BCUT2D eigenvalue weighted by atomic mass is 10.1. The van der Waals surface area contributed by atoms with Gasteiger partial charge in [0.05, 0.1) is 18.7 Å². The third kappa shape index (κ3) is 4.33. The van der Waals surface area contributed by atoms with E-state index in [4.69, 9.17) is 4.42 Å². The van der Waals surface area contributed by atoms with Crippen LogP contribution in [0.3, 0.4) is 0 Å². The highest BCUT2D eigenvalue weighted by atomic mass is 16.3. The summed E-state index contributed by atoms with van der Waals surface area (Å²) in [6.45, 7) is 4.76. The quantitative estimate of drug-likeness (QED) is 0.627. The lowest BCUT2D eigenvalue weighted by molar-refractivity contribution is -0.125. The first-order valence-corrected chi connectivity index (χ1v) is 9.03. The van der Waals surface area contributed by atoms with Gasteiger partial charge >= 0.3 is 0 Å². The molecular weight excluding hydrogens is 352 g/mol.